The molecule has 1 unspecified atom stereocenters. The van der Waals surface area contributed by atoms with E-state index in [0.717, 1.165) is 24.8 Å². The first-order chi connectivity index (χ1) is 28.4. The molecule has 2 aromatic heterocycles. The fraction of sp³-hybridized carbons (Fsp3) is 0.690. The molecule has 5 N–H and O–H groups in total. The highest BCUT2D eigenvalue weighted by molar-refractivity contribution is 7.47. The number of ether oxygens (including phenoxy) is 2. The number of anilines is 1. The maximum atomic E-state index is 13.9. The van der Waals surface area contributed by atoms with Crippen LogP contribution in [0.15, 0.2) is 41.7 Å². The van der Waals surface area contributed by atoms with E-state index in [-0.39, 0.29) is 30.6 Å². The van der Waals surface area contributed by atoms with Crippen molar-refractivity contribution >= 4 is 37.5 Å². The van der Waals surface area contributed by atoms with Crippen molar-refractivity contribution in [3.63, 3.8) is 0 Å². The van der Waals surface area contributed by atoms with Crippen molar-refractivity contribution in [2.45, 2.75) is 146 Å². The summed E-state index contributed by atoms with van der Waals surface area (Å²) >= 11 is 6.03. The van der Waals surface area contributed by atoms with Crippen molar-refractivity contribution in [2.75, 3.05) is 45.8 Å². The molecule has 1 aromatic carbocycles. The zero-order valence-corrected chi connectivity index (χ0v) is 36.6. The molecule has 3 heterocycles. The highest BCUT2D eigenvalue weighted by Gasteiger charge is 2.57. The minimum atomic E-state index is -4.73. The minimum absolute atomic E-state index is 0.00593. The van der Waals surface area contributed by atoms with Gasteiger partial charge in [0.15, 0.2) is 11.4 Å². The zero-order valence-electron chi connectivity index (χ0n) is 34.9. The van der Waals surface area contributed by atoms with Crippen molar-refractivity contribution in [3.8, 4) is 0 Å². The van der Waals surface area contributed by atoms with E-state index in [4.69, 9.17) is 35.9 Å². The number of fused-ring (bicyclic) bond motifs is 1. The number of nitrogen functional groups attached to an aromatic ring is 1. The lowest BCUT2D eigenvalue weighted by atomic mass is 9.91. The molecule has 3 aromatic rings. The number of benzene rings is 1. The molecule has 1 saturated heterocycles. The number of aliphatic imine (C=N–C) groups is 1. The van der Waals surface area contributed by atoms with Gasteiger partial charge in [-0.15, -0.1) is 0 Å². The Kier molecular flexibility index (Phi) is 21.1. The smallest absolute Gasteiger partial charge is 0.387 e. The van der Waals surface area contributed by atoms with Crippen LogP contribution in [0.5, 0.6) is 0 Å². The van der Waals surface area contributed by atoms with Crippen LogP contribution in [0.25, 0.3) is 5.52 Å². The lowest BCUT2D eigenvalue weighted by Gasteiger charge is -2.30. The number of phosphoric acid groups is 1. The molecule has 1 fully saturated rings. The Morgan fingerprint density at radius 3 is 2.24 bits per heavy atom. The second-order valence-corrected chi connectivity index (χ2v) is 17.6. The number of nitrogens with two attached hydrogens (primary N) is 1. The molecule has 59 heavy (non-hydrogen) atoms. The van der Waals surface area contributed by atoms with Gasteiger partial charge in [0, 0.05) is 13.2 Å². The van der Waals surface area contributed by atoms with E-state index in [1.807, 2.05) is 4.90 Å². The van der Waals surface area contributed by atoms with Gasteiger partial charge in [-0.3, -0.25) is 18.9 Å². The molecule has 17 heteroatoms. The largest absolute Gasteiger partial charge is 0.472 e. The number of hydrogen-bond donors (Lipinski definition) is 4. The minimum Gasteiger partial charge on any atom is -0.387 e. The molecule has 332 valence electrons. The van der Waals surface area contributed by atoms with Gasteiger partial charge in [0.1, 0.15) is 36.0 Å². The van der Waals surface area contributed by atoms with Gasteiger partial charge in [0.25, 0.3) is 0 Å². The summed E-state index contributed by atoms with van der Waals surface area (Å²) in [4.78, 5) is 20.5. The summed E-state index contributed by atoms with van der Waals surface area (Å²) in [5, 5.41) is 26.5. The second kappa shape index (κ2) is 25.4. The lowest BCUT2D eigenvalue weighted by molar-refractivity contribution is -0.0945. The molecule has 4 rings (SSSR count). The molecule has 0 bridgehead atoms. The van der Waals surface area contributed by atoms with Crippen LogP contribution in [0.1, 0.15) is 121 Å². The van der Waals surface area contributed by atoms with E-state index >= 15 is 0 Å². The van der Waals surface area contributed by atoms with Gasteiger partial charge in [0.2, 0.25) is 0 Å². The molecular weight excluding hydrogens is 802 g/mol. The molecule has 14 nitrogen and oxygen atoms in total. The summed E-state index contributed by atoms with van der Waals surface area (Å²) in [7, 11) is -2.93. The number of aliphatic hydroxyl groups is 2. The van der Waals surface area contributed by atoms with Gasteiger partial charge in [-0.05, 0) is 50.0 Å². The van der Waals surface area contributed by atoms with E-state index in [1.165, 1.54) is 106 Å². The van der Waals surface area contributed by atoms with Crippen molar-refractivity contribution in [1.29, 1.82) is 0 Å². The summed E-state index contributed by atoms with van der Waals surface area (Å²) in [6.07, 6.45) is 17.3. The first kappa shape index (κ1) is 49.1. The molecule has 1 aliphatic rings. The number of halogens is 2. The monoisotopic (exact) mass is 868 g/mol. The summed E-state index contributed by atoms with van der Waals surface area (Å²) in [6.45, 7) is 5.81. The van der Waals surface area contributed by atoms with Crippen LogP contribution in [0.2, 0.25) is 5.02 Å². The topological polar surface area (TPSA) is 186 Å². The molecule has 0 radical (unpaired) electrons. The first-order valence-electron chi connectivity index (χ1n) is 21.3. The van der Waals surface area contributed by atoms with Crippen LogP contribution in [-0.4, -0.2) is 106 Å². The quantitative estimate of drug-likeness (QED) is 0.0278. The van der Waals surface area contributed by atoms with Gasteiger partial charge in [-0.25, -0.2) is 18.5 Å². The van der Waals surface area contributed by atoms with Crippen LogP contribution in [0.3, 0.4) is 0 Å². The number of aromatic nitrogens is 3. The number of rotatable bonds is 31. The number of nitrogens with zero attached hydrogens (tertiary/aromatic N) is 5. The van der Waals surface area contributed by atoms with Crippen LogP contribution in [0, 0.1) is 5.82 Å². The Bertz CT molecular complexity index is 1740. The van der Waals surface area contributed by atoms with E-state index in [0.29, 0.717) is 24.4 Å². The molecule has 1 aliphatic heterocycles. The predicted octanol–water partition coefficient (Wildman–Crippen LogP) is 8.03. The summed E-state index contributed by atoms with van der Waals surface area (Å²) in [5.41, 5.74) is 5.86. The average Bonchev–Trinajstić information content (AvgIpc) is 3.76. The first-order valence-corrected chi connectivity index (χ1v) is 23.2. The van der Waals surface area contributed by atoms with E-state index in [1.54, 1.807) is 25.2 Å². The molecular formula is C42H67ClFN6O8P. The highest BCUT2D eigenvalue weighted by atomic mass is 35.5. The van der Waals surface area contributed by atoms with Gasteiger partial charge in [-0.2, -0.15) is 5.10 Å². The Morgan fingerprint density at radius 2 is 1.63 bits per heavy atom. The number of likely N-dealkylation sites (N-methyl/N-ethyl adjacent to an activating group) is 1. The third-order valence-corrected chi connectivity index (χ3v) is 12.4. The average molecular weight is 869 g/mol. The summed E-state index contributed by atoms with van der Waals surface area (Å²) in [5.74, 6) is -0.337. The normalized spacial score (nSPS) is 21.1. The Labute approximate surface area is 354 Å². The maximum Gasteiger partial charge on any atom is 0.472 e. The van der Waals surface area contributed by atoms with E-state index in [9.17, 15) is 24.1 Å². The third kappa shape index (κ3) is 15.1. The standard InChI is InChI=1S/C42H67ClFN6O8P/c1-4-5-6-7-8-9-10-11-12-13-14-15-16-17-18-19-24-55-27-33(49(3)26-32-20-21-35(44)34(43)25-32)28-56-59(53,54)57-29-37-39(51)40(52)42(58-37,30-46-2)38-23-22-36-41(45)47-31-48-50(36)38/h20-23,25,31,33,37,39-40,51-52H,2,4-19,24,26-30H2,1,3H3,(H,53,54)(H2,45,47,48)/t33-,37-,39-,40-,42+/m1/s1. The summed E-state index contributed by atoms with van der Waals surface area (Å²) < 4.78 is 51.5. The van der Waals surface area contributed by atoms with Crippen LogP contribution >= 0.6 is 19.4 Å². The number of unbranched alkanes of at least 4 members (excludes halogenated alkanes) is 15. The fourth-order valence-electron chi connectivity index (χ4n) is 7.60. The molecule has 0 saturated carbocycles. The number of aliphatic hydroxyl groups excluding tert-OH is 2. The third-order valence-electron chi connectivity index (χ3n) is 11.1. The van der Waals surface area contributed by atoms with E-state index < -0.39 is 50.2 Å². The fourth-order valence-corrected chi connectivity index (χ4v) is 8.57. The van der Waals surface area contributed by atoms with Crippen LogP contribution in [-0.2, 0) is 35.2 Å². The van der Waals surface area contributed by atoms with Crippen molar-refractivity contribution in [3.05, 3.63) is 58.8 Å². The van der Waals surface area contributed by atoms with Gasteiger partial charge >= 0.3 is 7.82 Å². The van der Waals surface area contributed by atoms with Crippen LogP contribution < -0.4 is 5.73 Å². The highest BCUT2D eigenvalue weighted by Crippen LogP contribution is 2.46. The van der Waals surface area contributed by atoms with E-state index in [2.05, 4.69) is 28.7 Å². The van der Waals surface area contributed by atoms with Crippen molar-refractivity contribution in [2.24, 2.45) is 4.99 Å². The lowest BCUT2D eigenvalue weighted by Crippen LogP contribution is -2.44. The predicted molar refractivity (Wildman–Crippen MR) is 229 cm³/mol. The zero-order chi connectivity index (χ0) is 42.7. The summed E-state index contributed by atoms with van der Waals surface area (Å²) in [6, 6.07) is 7.20. The molecule has 0 aliphatic carbocycles. The van der Waals surface area contributed by atoms with Crippen molar-refractivity contribution < 1.29 is 42.6 Å². The molecule has 0 amide bonds. The maximum absolute atomic E-state index is 13.9. The van der Waals surface area contributed by atoms with Crippen LogP contribution in [0.4, 0.5) is 10.2 Å². The van der Waals surface area contributed by atoms with Crippen molar-refractivity contribution in [1.82, 2.24) is 19.5 Å². The SMILES string of the molecule is C=NC[C@@]1(c2ccc3c(N)ncnn23)O[C@H](COP(=O)(O)OC[C@@H](COCCCCCCCCCCCCCCCCCC)N(C)Cc2ccc(F)c(Cl)c2)[C@@H](O)[C@H]1O. The van der Waals surface area contributed by atoms with Gasteiger partial charge in [-0.1, -0.05) is 121 Å². The second-order valence-electron chi connectivity index (χ2n) is 15.8. The van der Waals surface area contributed by atoms with Gasteiger partial charge in [0.05, 0.1) is 43.1 Å². The Balaban J connectivity index is 1.22. The molecule has 0 spiro atoms. The Hall–Kier alpha value is -2.56. The number of hydrogen-bond acceptors (Lipinski definition) is 12. The molecule has 6 atom stereocenters. The Morgan fingerprint density at radius 1 is 1.00 bits per heavy atom. The number of phosphoric ester groups is 1. The van der Waals surface area contributed by atoms with Gasteiger partial charge < -0.3 is 30.3 Å².